The normalized spacial score (nSPS) is 16.0. The first-order valence-corrected chi connectivity index (χ1v) is 10.3. The Morgan fingerprint density at radius 2 is 2.00 bits per heavy atom. The standard InChI is InChI=1S/C22H24FN7O2/c1-12-10-17(27-11-15(12)23)28-22(32)14-7-5-13(6-8-14)18-19(20(24)31)30(25)21(29-18)16-4-2-3-9-26-16/h5-8,10-11,16,26H,2-4,9,25H2,1H3,(H2,24,31)(H,27,28,32)/t16-/m0/s1. The molecule has 1 saturated heterocycles. The van der Waals surface area contributed by atoms with Crippen LogP contribution in [0.4, 0.5) is 10.2 Å². The van der Waals surface area contributed by atoms with Gasteiger partial charge in [-0.1, -0.05) is 18.6 Å². The molecular weight excluding hydrogens is 413 g/mol. The van der Waals surface area contributed by atoms with Crippen molar-refractivity contribution in [2.45, 2.75) is 32.2 Å². The monoisotopic (exact) mass is 437 g/mol. The summed E-state index contributed by atoms with van der Waals surface area (Å²) >= 11 is 0. The number of halogens is 1. The van der Waals surface area contributed by atoms with E-state index >= 15 is 0 Å². The van der Waals surface area contributed by atoms with Crippen LogP contribution in [0.3, 0.4) is 0 Å². The van der Waals surface area contributed by atoms with Gasteiger partial charge in [0.1, 0.15) is 23.2 Å². The van der Waals surface area contributed by atoms with Gasteiger partial charge in [-0.2, -0.15) is 0 Å². The summed E-state index contributed by atoms with van der Waals surface area (Å²) in [7, 11) is 0. The van der Waals surface area contributed by atoms with Crippen molar-refractivity contribution in [1.82, 2.24) is 20.0 Å². The molecule has 0 unspecified atom stereocenters. The van der Waals surface area contributed by atoms with Gasteiger partial charge in [0.05, 0.1) is 12.2 Å². The molecule has 3 heterocycles. The average molecular weight is 437 g/mol. The van der Waals surface area contributed by atoms with Gasteiger partial charge in [-0.3, -0.25) is 9.59 Å². The number of piperidine rings is 1. The lowest BCUT2D eigenvalue weighted by Crippen LogP contribution is -2.32. The molecule has 0 spiro atoms. The van der Waals surface area contributed by atoms with Crippen LogP contribution >= 0.6 is 0 Å². The number of nitrogens with two attached hydrogens (primary N) is 2. The van der Waals surface area contributed by atoms with Crippen molar-refractivity contribution in [3.8, 4) is 11.3 Å². The minimum atomic E-state index is -0.684. The van der Waals surface area contributed by atoms with Crippen LogP contribution in [0.1, 0.15) is 57.5 Å². The lowest BCUT2D eigenvalue weighted by Gasteiger charge is -2.22. The summed E-state index contributed by atoms with van der Waals surface area (Å²) in [6, 6.07) is 7.93. The minimum Gasteiger partial charge on any atom is -0.364 e. The van der Waals surface area contributed by atoms with E-state index in [1.165, 1.54) is 10.7 Å². The van der Waals surface area contributed by atoms with Gasteiger partial charge >= 0.3 is 0 Å². The zero-order valence-electron chi connectivity index (χ0n) is 17.6. The summed E-state index contributed by atoms with van der Waals surface area (Å²) in [4.78, 5) is 33.1. The molecule has 0 bridgehead atoms. The van der Waals surface area contributed by atoms with Gasteiger partial charge < -0.3 is 22.2 Å². The van der Waals surface area contributed by atoms with Crippen molar-refractivity contribution >= 4 is 17.6 Å². The van der Waals surface area contributed by atoms with Crippen LogP contribution in [-0.4, -0.2) is 33.0 Å². The number of benzene rings is 1. The highest BCUT2D eigenvalue weighted by molar-refractivity contribution is 6.04. The second-order valence-corrected chi connectivity index (χ2v) is 7.75. The third-order valence-corrected chi connectivity index (χ3v) is 5.50. The quantitative estimate of drug-likeness (QED) is 0.451. The Morgan fingerprint density at radius 1 is 1.25 bits per heavy atom. The van der Waals surface area contributed by atoms with E-state index in [0.29, 0.717) is 28.2 Å². The molecule has 1 atom stereocenters. The first kappa shape index (κ1) is 21.4. The lowest BCUT2D eigenvalue weighted by molar-refractivity contribution is 0.0991. The summed E-state index contributed by atoms with van der Waals surface area (Å²) in [5.74, 6) is 5.45. The van der Waals surface area contributed by atoms with E-state index < -0.39 is 17.6 Å². The first-order chi connectivity index (χ1) is 15.3. The highest BCUT2D eigenvalue weighted by atomic mass is 19.1. The maximum absolute atomic E-state index is 13.4. The van der Waals surface area contributed by atoms with E-state index in [9.17, 15) is 14.0 Å². The van der Waals surface area contributed by atoms with Gasteiger partial charge in [-0.05, 0) is 50.1 Å². The van der Waals surface area contributed by atoms with Crippen molar-refractivity contribution in [3.05, 3.63) is 65.0 Å². The number of primary amides is 1. The Hall–Kier alpha value is -3.79. The van der Waals surface area contributed by atoms with Crippen LogP contribution in [0.2, 0.25) is 0 Å². The van der Waals surface area contributed by atoms with E-state index in [0.717, 1.165) is 32.0 Å². The number of carbonyl (C=O) groups excluding carboxylic acids is 2. The maximum Gasteiger partial charge on any atom is 0.269 e. The summed E-state index contributed by atoms with van der Waals surface area (Å²) in [6.07, 6.45) is 4.04. The smallest absolute Gasteiger partial charge is 0.269 e. The zero-order valence-corrected chi connectivity index (χ0v) is 17.6. The molecule has 9 nitrogen and oxygen atoms in total. The van der Waals surface area contributed by atoms with Crippen molar-refractivity contribution in [3.63, 3.8) is 0 Å². The number of imidazole rings is 1. The number of carbonyl (C=O) groups is 2. The Balaban J connectivity index is 1.60. The van der Waals surface area contributed by atoms with Crippen LogP contribution in [0.15, 0.2) is 36.5 Å². The summed E-state index contributed by atoms with van der Waals surface area (Å²) in [5.41, 5.74) is 7.40. The molecule has 1 aliphatic heterocycles. The highest BCUT2D eigenvalue weighted by Gasteiger charge is 2.27. The van der Waals surface area contributed by atoms with E-state index in [4.69, 9.17) is 11.6 Å². The van der Waals surface area contributed by atoms with Crippen molar-refractivity contribution in [2.75, 3.05) is 17.7 Å². The molecule has 32 heavy (non-hydrogen) atoms. The second kappa shape index (κ2) is 8.75. The topological polar surface area (TPSA) is 141 Å². The van der Waals surface area contributed by atoms with Crippen LogP contribution in [0.5, 0.6) is 0 Å². The molecule has 0 aliphatic carbocycles. The number of rotatable bonds is 5. The number of pyridine rings is 1. The van der Waals surface area contributed by atoms with Crippen LogP contribution in [-0.2, 0) is 0 Å². The molecule has 10 heteroatoms. The van der Waals surface area contributed by atoms with Crippen molar-refractivity contribution in [2.24, 2.45) is 5.73 Å². The Labute approximate surface area is 184 Å². The number of amides is 2. The third-order valence-electron chi connectivity index (χ3n) is 5.50. The van der Waals surface area contributed by atoms with Gasteiger partial charge in [0, 0.05) is 11.1 Å². The van der Waals surface area contributed by atoms with Gasteiger partial charge in [-0.25, -0.2) is 19.0 Å². The molecular formula is C22H24FN7O2. The number of hydrogen-bond acceptors (Lipinski definition) is 6. The molecule has 1 aromatic carbocycles. The predicted molar refractivity (Wildman–Crippen MR) is 118 cm³/mol. The summed E-state index contributed by atoms with van der Waals surface area (Å²) < 4.78 is 14.6. The van der Waals surface area contributed by atoms with Crippen molar-refractivity contribution < 1.29 is 14.0 Å². The Bertz CT molecular complexity index is 1170. The van der Waals surface area contributed by atoms with Gasteiger partial charge in [0.25, 0.3) is 11.8 Å². The van der Waals surface area contributed by atoms with Gasteiger partial charge in [0.15, 0.2) is 5.69 Å². The van der Waals surface area contributed by atoms with Gasteiger partial charge in [0.2, 0.25) is 0 Å². The molecule has 4 rings (SSSR count). The molecule has 6 N–H and O–H groups in total. The van der Waals surface area contributed by atoms with E-state index in [1.54, 1.807) is 31.2 Å². The Morgan fingerprint density at radius 3 is 2.62 bits per heavy atom. The Kier molecular flexibility index (Phi) is 5.87. The SMILES string of the molecule is Cc1cc(NC(=O)c2ccc(-c3nc([C@@H]4CCCCN4)n(N)c3C(N)=O)cc2)ncc1F. The molecule has 1 aliphatic rings. The van der Waals surface area contributed by atoms with E-state index in [2.05, 4.69) is 20.6 Å². The number of hydrogen-bond donors (Lipinski definition) is 4. The van der Waals surface area contributed by atoms with E-state index in [-0.39, 0.29) is 17.6 Å². The van der Waals surface area contributed by atoms with E-state index in [1.807, 2.05) is 0 Å². The van der Waals surface area contributed by atoms with Crippen LogP contribution in [0.25, 0.3) is 11.3 Å². The summed E-state index contributed by atoms with van der Waals surface area (Å²) in [5, 5.41) is 6.00. The highest BCUT2D eigenvalue weighted by Crippen LogP contribution is 2.29. The molecule has 2 amide bonds. The number of aromatic nitrogens is 3. The largest absolute Gasteiger partial charge is 0.364 e. The minimum absolute atomic E-state index is 0.0580. The molecule has 0 radical (unpaired) electrons. The first-order valence-electron chi connectivity index (χ1n) is 10.3. The predicted octanol–water partition coefficient (Wildman–Crippen LogP) is 2.27. The molecule has 1 fully saturated rings. The number of nitrogens with one attached hydrogen (secondary N) is 2. The molecule has 2 aromatic heterocycles. The third kappa shape index (κ3) is 4.17. The lowest BCUT2D eigenvalue weighted by atomic mass is 10.0. The average Bonchev–Trinajstić information content (AvgIpc) is 3.14. The fourth-order valence-electron chi connectivity index (χ4n) is 3.78. The fraction of sp³-hybridized carbons (Fsp3) is 0.273. The van der Waals surface area contributed by atoms with Crippen LogP contribution in [0, 0.1) is 12.7 Å². The van der Waals surface area contributed by atoms with Crippen LogP contribution < -0.4 is 22.2 Å². The zero-order chi connectivity index (χ0) is 22.8. The number of nitrogens with zero attached hydrogens (tertiary/aromatic N) is 3. The number of anilines is 1. The molecule has 3 aromatic rings. The fourth-order valence-corrected chi connectivity index (χ4v) is 3.78. The van der Waals surface area contributed by atoms with Crippen molar-refractivity contribution in [1.29, 1.82) is 0 Å². The second-order valence-electron chi connectivity index (χ2n) is 7.75. The molecule has 0 saturated carbocycles. The van der Waals surface area contributed by atoms with Gasteiger partial charge in [-0.15, -0.1) is 0 Å². The number of nitrogen functional groups attached to an aromatic ring is 1. The summed E-state index contributed by atoms with van der Waals surface area (Å²) in [6.45, 7) is 2.44. The molecule has 166 valence electrons. The number of aryl methyl sites for hydroxylation is 1. The maximum atomic E-state index is 13.4.